The summed E-state index contributed by atoms with van der Waals surface area (Å²) in [4.78, 5) is 12.1. The molecule has 1 aromatic heterocycles. The third kappa shape index (κ3) is 3.91. The van der Waals surface area contributed by atoms with Gasteiger partial charge < -0.3 is 14.5 Å². The Morgan fingerprint density at radius 3 is 2.86 bits per heavy atom. The Morgan fingerprint density at radius 2 is 2.09 bits per heavy atom. The predicted octanol–water partition coefficient (Wildman–Crippen LogP) is 4.29. The maximum Gasteiger partial charge on any atom is 0.287 e. The van der Waals surface area contributed by atoms with Crippen LogP contribution in [0.25, 0.3) is 0 Å². The van der Waals surface area contributed by atoms with Crippen LogP contribution in [0.4, 0.5) is 0 Å². The number of halogens is 1. The molecule has 1 aliphatic carbocycles. The monoisotopic (exact) mass is 363 g/mol. The van der Waals surface area contributed by atoms with Crippen molar-refractivity contribution in [3.05, 3.63) is 52.4 Å². The standard InChI is InChI=1S/C17H18BrNO3/c18-12-4-3-7-14(10-12)21-11-15-8-9-16(22-15)17(20)19-13-5-1-2-6-13/h3-4,7-10,13H,1-2,5-6,11H2,(H,19,20). The van der Waals surface area contributed by atoms with Crippen molar-refractivity contribution >= 4 is 21.8 Å². The molecule has 1 aromatic carbocycles. The van der Waals surface area contributed by atoms with E-state index < -0.39 is 0 Å². The predicted molar refractivity (Wildman–Crippen MR) is 86.9 cm³/mol. The number of amides is 1. The van der Waals surface area contributed by atoms with Crippen molar-refractivity contribution in [2.75, 3.05) is 0 Å². The Hall–Kier alpha value is -1.75. The molecule has 5 heteroatoms. The molecule has 0 unspecified atom stereocenters. The van der Waals surface area contributed by atoms with Crippen molar-refractivity contribution in [3.8, 4) is 5.75 Å². The lowest BCUT2D eigenvalue weighted by atomic mass is 10.2. The molecule has 1 fully saturated rings. The molecule has 0 radical (unpaired) electrons. The molecule has 0 spiro atoms. The first-order valence-electron chi connectivity index (χ1n) is 7.48. The van der Waals surface area contributed by atoms with Gasteiger partial charge in [-0.15, -0.1) is 0 Å². The lowest BCUT2D eigenvalue weighted by molar-refractivity contribution is 0.0905. The van der Waals surface area contributed by atoms with E-state index in [0.29, 0.717) is 24.2 Å². The van der Waals surface area contributed by atoms with Crippen LogP contribution in [-0.2, 0) is 6.61 Å². The van der Waals surface area contributed by atoms with Gasteiger partial charge in [-0.05, 0) is 43.2 Å². The highest BCUT2D eigenvalue weighted by atomic mass is 79.9. The summed E-state index contributed by atoms with van der Waals surface area (Å²) in [5, 5.41) is 3.01. The molecule has 0 bridgehead atoms. The molecular formula is C17H18BrNO3. The SMILES string of the molecule is O=C(NC1CCCC1)c1ccc(COc2cccc(Br)c2)o1. The molecule has 22 heavy (non-hydrogen) atoms. The van der Waals surface area contributed by atoms with Gasteiger partial charge in [0.25, 0.3) is 5.91 Å². The number of rotatable bonds is 5. The summed E-state index contributed by atoms with van der Waals surface area (Å²) in [6.07, 6.45) is 4.50. The number of benzene rings is 1. The van der Waals surface area contributed by atoms with Crippen LogP contribution in [0.3, 0.4) is 0 Å². The minimum Gasteiger partial charge on any atom is -0.486 e. The average Bonchev–Trinajstić information content (AvgIpc) is 3.16. The molecular weight excluding hydrogens is 346 g/mol. The second kappa shape index (κ2) is 7.01. The molecule has 1 aliphatic rings. The van der Waals surface area contributed by atoms with Gasteiger partial charge in [0, 0.05) is 10.5 Å². The largest absolute Gasteiger partial charge is 0.486 e. The molecule has 0 atom stereocenters. The van der Waals surface area contributed by atoms with Crippen LogP contribution in [0, 0.1) is 0 Å². The number of hydrogen-bond donors (Lipinski definition) is 1. The van der Waals surface area contributed by atoms with Crippen molar-refractivity contribution in [2.24, 2.45) is 0 Å². The summed E-state index contributed by atoms with van der Waals surface area (Å²) in [7, 11) is 0. The van der Waals surface area contributed by atoms with E-state index in [0.717, 1.165) is 23.1 Å². The van der Waals surface area contributed by atoms with E-state index in [-0.39, 0.29) is 5.91 Å². The second-order valence-corrected chi connectivity index (χ2v) is 6.38. The topological polar surface area (TPSA) is 51.5 Å². The number of carbonyl (C=O) groups excluding carboxylic acids is 1. The number of carbonyl (C=O) groups is 1. The fourth-order valence-corrected chi connectivity index (χ4v) is 2.99. The molecule has 116 valence electrons. The molecule has 2 aromatic rings. The summed E-state index contributed by atoms with van der Waals surface area (Å²) in [6, 6.07) is 11.4. The van der Waals surface area contributed by atoms with Crippen molar-refractivity contribution in [2.45, 2.75) is 38.3 Å². The lowest BCUT2D eigenvalue weighted by Gasteiger charge is -2.10. The van der Waals surface area contributed by atoms with Crippen LogP contribution >= 0.6 is 15.9 Å². The highest BCUT2D eigenvalue weighted by molar-refractivity contribution is 9.10. The normalized spacial score (nSPS) is 15.0. The Bertz CT molecular complexity index is 647. The highest BCUT2D eigenvalue weighted by Gasteiger charge is 2.19. The Kier molecular flexibility index (Phi) is 4.83. The summed E-state index contributed by atoms with van der Waals surface area (Å²) in [6.45, 7) is 0.299. The smallest absolute Gasteiger partial charge is 0.287 e. The number of furan rings is 1. The molecule has 0 aliphatic heterocycles. The van der Waals surface area contributed by atoms with Gasteiger partial charge in [-0.2, -0.15) is 0 Å². The maximum absolute atomic E-state index is 12.1. The molecule has 1 saturated carbocycles. The zero-order chi connectivity index (χ0) is 15.4. The Morgan fingerprint density at radius 1 is 1.27 bits per heavy atom. The third-order valence-electron chi connectivity index (χ3n) is 3.75. The summed E-state index contributed by atoms with van der Waals surface area (Å²) in [5.74, 6) is 1.60. The fourth-order valence-electron chi connectivity index (χ4n) is 2.62. The van der Waals surface area contributed by atoms with Gasteiger partial charge in [0.2, 0.25) is 0 Å². The Balaban J connectivity index is 1.55. The van der Waals surface area contributed by atoms with E-state index in [2.05, 4.69) is 21.2 Å². The number of hydrogen-bond acceptors (Lipinski definition) is 3. The van der Waals surface area contributed by atoms with Gasteiger partial charge >= 0.3 is 0 Å². The van der Waals surface area contributed by atoms with Gasteiger partial charge in [0.15, 0.2) is 5.76 Å². The summed E-state index contributed by atoms with van der Waals surface area (Å²) in [5.41, 5.74) is 0. The van der Waals surface area contributed by atoms with Crippen LogP contribution in [-0.4, -0.2) is 11.9 Å². The van der Waals surface area contributed by atoms with Crippen LogP contribution in [0.15, 0.2) is 45.3 Å². The lowest BCUT2D eigenvalue weighted by Crippen LogP contribution is -2.32. The number of ether oxygens (including phenoxy) is 1. The zero-order valence-corrected chi connectivity index (χ0v) is 13.8. The van der Waals surface area contributed by atoms with Gasteiger partial charge in [-0.25, -0.2) is 0 Å². The minimum atomic E-state index is -0.138. The molecule has 1 amide bonds. The van der Waals surface area contributed by atoms with E-state index in [1.165, 1.54) is 12.8 Å². The quantitative estimate of drug-likeness (QED) is 0.861. The van der Waals surface area contributed by atoms with Crippen molar-refractivity contribution in [3.63, 3.8) is 0 Å². The first-order chi connectivity index (χ1) is 10.7. The van der Waals surface area contributed by atoms with E-state index in [1.54, 1.807) is 12.1 Å². The van der Waals surface area contributed by atoms with E-state index in [9.17, 15) is 4.79 Å². The maximum atomic E-state index is 12.1. The highest BCUT2D eigenvalue weighted by Crippen LogP contribution is 2.20. The third-order valence-corrected chi connectivity index (χ3v) is 4.25. The second-order valence-electron chi connectivity index (χ2n) is 5.47. The average molecular weight is 364 g/mol. The van der Waals surface area contributed by atoms with Crippen LogP contribution in [0.5, 0.6) is 5.75 Å². The molecule has 0 saturated heterocycles. The molecule has 3 rings (SSSR count). The van der Waals surface area contributed by atoms with Gasteiger partial charge in [0.1, 0.15) is 18.1 Å². The van der Waals surface area contributed by atoms with Crippen molar-refractivity contribution in [1.29, 1.82) is 0 Å². The van der Waals surface area contributed by atoms with Gasteiger partial charge in [0.05, 0.1) is 0 Å². The first kappa shape index (κ1) is 15.2. The fraction of sp³-hybridized carbons (Fsp3) is 0.353. The van der Waals surface area contributed by atoms with Crippen LogP contribution in [0.1, 0.15) is 42.0 Å². The van der Waals surface area contributed by atoms with Gasteiger partial charge in [-0.1, -0.05) is 34.8 Å². The van der Waals surface area contributed by atoms with E-state index in [1.807, 2.05) is 24.3 Å². The van der Waals surface area contributed by atoms with Crippen LogP contribution < -0.4 is 10.1 Å². The summed E-state index contributed by atoms with van der Waals surface area (Å²) < 4.78 is 12.2. The van der Waals surface area contributed by atoms with Crippen molar-refractivity contribution < 1.29 is 13.9 Å². The molecule has 1 N–H and O–H groups in total. The van der Waals surface area contributed by atoms with Gasteiger partial charge in [-0.3, -0.25) is 4.79 Å². The molecule has 4 nitrogen and oxygen atoms in total. The zero-order valence-electron chi connectivity index (χ0n) is 12.2. The van der Waals surface area contributed by atoms with Crippen LogP contribution in [0.2, 0.25) is 0 Å². The summed E-state index contributed by atoms with van der Waals surface area (Å²) >= 11 is 3.40. The van der Waals surface area contributed by atoms with E-state index >= 15 is 0 Å². The van der Waals surface area contributed by atoms with Crippen molar-refractivity contribution in [1.82, 2.24) is 5.32 Å². The minimum absolute atomic E-state index is 0.138. The first-order valence-corrected chi connectivity index (χ1v) is 8.28. The molecule has 1 heterocycles. The van der Waals surface area contributed by atoms with E-state index in [4.69, 9.17) is 9.15 Å². The Labute approximate surface area is 138 Å². The number of nitrogens with one attached hydrogen (secondary N) is 1.